The molecule has 2 N–H and O–H groups in total. The molecule has 1 heterocycles. The number of hydrogen-bond donors (Lipinski definition) is 1. The van der Waals surface area contributed by atoms with Crippen molar-refractivity contribution in [2.45, 2.75) is 19.3 Å². The van der Waals surface area contributed by atoms with Gasteiger partial charge in [-0.1, -0.05) is 12.1 Å². The van der Waals surface area contributed by atoms with Crippen LogP contribution < -0.4 is 10.5 Å². The maximum atomic E-state index is 5.46. The lowest BCUT2D eigenvalue weighted by Crippen LogP contribution is -2.00. The van der Waals surface area contributed by atoms with E-state index in [0.29, 0.717) is 0 Å². The van der Waals surface area contributed by atoms with Crippen molar-refractivity contribution in [1.82, 2.24) is 0 Å². The Kier molecular flexibility index (Phi) is 2.50. The average Bonchev–Trinajstić information content (AvgIpc) is 2.61. The standard InChI is InChI=1S/C11H15NO/c12-6-1-2-9-3-4-11-10(8-9)5-7-13-11/h3-4,8H,1-2,5-7,12H2. The second-order valence-electron chi connectivity index (χ2n) is 3.43. The fraction of sp³-hybridized carbons (Fsp3) is 0.455. The molecule has 1 aromatic rings. The first-order chi connectivity index (χ1) is 6.40. The summed E-state index contributed by atoms with van der Waals surface area (Å²) < 4.78 is 5.43. The van der Waals surface area contributed by atoms with Gasteiger partial charge < -0.3 is 10.5 Å². The molecule has 0 spiro atoms. The molecule has 0 amide bonds. The largest absolute Gasteiger partial charge is 0.493 e. The lowest BCUT2D eigenvalue weighted by molar-refractivity contribution is 0.357. The number of fused-ring (bicyclic) bond motifs is 1. The van der Waals surface area contributed by atoms with E-state index in [1.165, 1.54) is 11.1 Å². The fourth-order valence-corrected chi connectivity index (χ4v) is 1.70. The molecular formula is C11H15NO. The third-order valence-electron chi connectivity index (χ3n) is 2.42. The van der Waals surface area contributed by atoms with E-state index < -0.39 is 0 Å². The first kappa shape index (κ1) is 8.57. The molecule has 1 aromatic carbocycles. The van der Waals surface area contributed by atoms with Crippen LogP contribution in [-0.4, -0.2) is 13.2 Å². The summed E-state index contributed by atoms with van der Waals surface area (Å²) >= 11 is 0. The van der Waals surface area contributed by atoms with Crippen molar-refractivity contribution >= 4 is 0 Å². The summed E-state index contributed by atoms with van der Waals surface area (Å²) in [6, 6.07) is 6.46. The van der Waals surface area contributed by atoms with Crippen LogP contribution in [0.4, 0.5) is 0 Å². The van der Waals surface area contributed by atoms with E-state index >= 15 is 0 Å². The highest BCUT2D eigenvalue weighted by Gasteiger charge is 2.11. The second kappa shape index (κ2) is 3.79. The van der Waals surface area contributed by atoms with Crippen molar-refractivity contribution in [3.63, 3.8) is 0 Å². The summed E-state index contributed by atoms with van der Waals surface area (Å²) in [6.45, 7) is 1.61. The lowest BCUT2D eigenvalue weighted by atomic mass is 10.1. The summed E-state index contributed by atoms with van der Waals surface area (Å²) in [7, 11) is 0. The van der Waals surface area contributed by atoms with Gasteiger partial charge in [0.2, 0.25) is 0 Å². The van der Waals surface area contributed by atoms with E-state index in [2.05, 4.69) is 18.2 Å². The fourth-order valence-electron chi connectivity index (χ4n) is 1.70. The summed E-state index contributed by atoms with van der Waals surface area (Å²) in [6.07, 6.45) is 3.22. The minimum Gasteiger partial charge on any atom is -0.493 e. The number of ether oxygens (including phenoxy) is 1. The summed E-state index contributed by atoms with van der Waals surface area (Å²) in [5.74, 6) is 1.07. The maximum absolute atomic E-state index is 5.46. The van der Waals surface area contributed by atoms with E-state index in [1.54, 1.807) is 0 Å². The Hall–Kier alpha value is -1.02. The van der Waals surface area contributed by atoms with Crippen LogP contribution in [0.5, 0.6) is 5.75 Å². The van der Waals surface area contributed by atoms with Gasteiger partial charge in [0.15, 0.2) is 0 Å². The Morgan fingerprint density at radius 2 is 2.31 bits per heavy atom. The monoisotopic (exact) mass is 177 g/mol. The molecule has 0 aliphatic carbocycles. The first-order valence-corrected chi connectivity index (χ1v) is 4.85. The Morgan fingerprint density at radius 3 is 3.15 bits per heavy atom. The Labute approximate surface area is 78.7 Å². The van der Waals surface area contributed by atoms with Crippen molar-refractivity contribution in [2.75, 3.05) is 13.2 Å². The van der Waals surface area contributed by atoms with Gasteiger partial charge in [-0.05, 0) is 36.6 Å². The van der Waals surface area contributed by atoms with Crippen molar-refractivity contribution in [2.24, 2.45) is 5.73 Å². The molecule has 0 saturated heterocycles. The molecule has 0 radical (unpaired) electrons. The van der Waals surface area contributed by atoms with Gasteiger partial charge in [0, 0.05) is 6.42 Å². The lowest BCUT2D eigenvalue weighted by Gasteiger charge is -2.02. The maximum Gasteiger partial charge on any atom is 0.122 e. The molecule has 0 fully saturated rings. The molecule has 0 saturated carbocycles. The van der Waals surface area contributed by atoms with Crippen LogP contribution in [0.1, 0.15) is 17.5 Å². The van der Waals surface area contributed by atoms with Crippen LogP contribution in [0.2, 0.25) is 0 Å². The van der Waals surface area contributed by atoms with Gasteiger partial charge in [-0.25, -0.2) is 0 Å². The van der Waals surface area contributed by atoms with Crippen LogP contribution in [-0.2, 0) is 12.8 Å². The number of aryl methyl sites for hydroxylation is 1. The van der Waals surface area contributed by atoms with E-state index in [9.17, 15) is 0 Å². The molecule has 1 aliphatic rings. The minimum absolute atomic E-state index is 0.771. The highest BCUT2D eigenvalue weighted by atomic mass is 16.5. The molecule has 2 nitrogen and oxygen atoms in total. The van der Waals surface area contributed by atoms with Crippen LogP contribution in [0.3, 0.4) is 0 Å². The second-order valence-corrected chi connectivity index (χ2v) is 3.43. The molecular weight excluding hydrogens is 162 g/mol. The van der Waals surface area contributed by atoms with E-state index in [4.69, 9.17) is 10.5 Å². The molecule has 0 unspecified atom stereocenters. The van der Waals surface area contributed by atoms with Gasteiger partial charge in [0.1, 0.15) is 5.75 Å². The van der Waals surface area contributed by atoms with E-state index in [0.717, 1.165) is 38.2 Å². The summed E-state index contributed by atoms with van der Waals surface area (Å²) in [4.78, 5) is 0. The number of rotatable bonds is 3. The zero-order valence-corrected chi connectivity index (χ0v) is 7.75. The number of benzene rings is 1. The minimum atomic E-state index is 0.771. The van der Waals surface area contributed by atoms with Crippen LogP contribution in [0.25, 0.3) is 0 Å². The molecule has 2 rings (SSSR count). The highest BCUT2D eigenvalue weighted by molar-refractivity contribution is 5.39. The molecule has 1 aliphatic heterocycles. The van der Waals surface area contributed by atoms with Crippen molar-refractivity contribution < 1.29 is 4.74 Å². The van der Waals surface area contributed by atoms with Gasteiger partial charge in [-0.3, -0.25) is 0 Å². The third kappa shape index (κ3) is 1.83. The van der Waals surface area contributed by atoms with E-state index in [1.807, 2.05) is 0 Å². The smallest absolute Gasteiger partial charge is 0.122 e. The quantitative estimate of drug-likeness (QED) is 0.759. The van der Waals surface area contributed by atoms with Gasteiger partial charge in [0.05, 0.1) is 6.61 Å². The number of nitrogens with two attached hydrogens (primary N) is 1. The SMILES string of the molecule is NCCCc1ccc2c(c1)CCO2. The molecule has 0 atom stereocenters. The molecule has 0 aromatic heterocycles. The number of hydrogen-bond acceptors (Lipinski definition) is 2. The van der Waals surface area contributed by atoms with Gasteiger partial charge >= 0.3 is 0 Å². The van der Waals surface area contributed by atoms with Crippen LogP contribution >= 0.6 is 0 Å². The average molecular weight is 177 g/mol. The Morgan fingerprint density at radius 1 is 1.38 bits per heavy atom. The van der Waals surface area contributed by atoms with Crippen LogP contribution in [0.15, 0.2) is 18.2 Å². The van der Waals surface area contributed by atoms with Gasteiger partial charge in [-0.2, -0.15) is 0 Å². The van der Waals surface area contributed by atoms with Gasteiger partial charge in [0.25, 0.3) is 0 Å². The predicted octanol–water partition coefficient (Wildman–Crippen LogP) is 1.51. The zero-order chi connectivity index (χ0) is 9.10. The molecule has 13 heavy (non-hydrogen) atoms. The zero-order valence-electron chi connectivity index (χ0n) is 7.75. The van der Waals surface area contributed by atoms with Crippen molar-refractivity contribution in [3.05, 3.63) is 29.3 Å². The van der Waals surface area contributed by atoms with Crippen molar-refractivity contribution in [3.8, 4) is 5.75 Å². The topological polar surface area (TPSA) is 35.2 Å². The summed E-state index contributed by atoms with van der Waals surface area (Å²) in [5, 5.41) is 0. The van der Waals surface area contributed by atoms with E-state index in [-0.39, 0.29) is 0 Å². The highest BCUT2D eigenvalue weighted by Crippen LogP contribution is 2.26. The molecule has 2 heteroatoms. The third-order valence-corrected chi connectivity index (χ3v) is 2.42. The van der Waals surface area contributed by atoms with Gasteiger partial charge in [-0.15, -0.1) is 0 Å². The molecule has 70 valence electrons. The summed E-state index contributed by atoms with van der Waals surface area (Å²) in [5.41, 5.74) is 8.20. The van der Waals surface area contributed by atoms with Crippen molar-refractivity contribution in [1.29, 1.82) is 0 Å². The Bertz CT molecular complexity index is 296. The first-order valence-electron chi connectivity index (χ1n) is 4.85. The normalized spacial score (nSPS) is 13.9. The molecule has 0 bridgehead atoms. The van der Waals surface area contributed by atoms with Crippen LogP contribution in [0, 0.1) is 0 Å². The Balaban J connectivity index is 2.12. The predicted molar refractivity (Wildman–Crippen MR) is 53.0 cm³/mol.